The van der Waals surface area contributed by atoms with Gasteiger partial charge in [0.25, 0.3) is 0 Å². The summed E-state index contributed by atoms with van der Waals surface area (Å²) in [6, 6.07) is 2.31. The second kappa shape index (κ2) is 4.54. The Kier molecular flexibility index (Phi) is 3.16. The van der Waals surface area contributed by atoms with Gasteiger partial charge in [-0.3, -0.25) is 0 Å². The number of rotatable bonds is 2. The number of ether oxygens (including phenoxy) is 2. The first-order valence-corrected chi connectivity index (χ1v) is 5.07. The van der Waals surface area contributed by atoms with E-state index in [0.29, 0.717) is 0 Å². The topological polar surface area (TPSA) is 85.9 Å². The number of nitrogens with one attached hydrogen (secondary N) is 1. The normalized spacial score (nSPS) is 18.8. The number of hydrogen-bond acceptors (Lipinski definition) is 4. The number of benzene rings is 1. The lowest BCUT2D eigenvalue weighted by atomic mass is 10.2. The summed E-state index contributed by atoms with van der Waals surface area (Å²) in [6.07, 6.45) is -8.50. The van der Waals surface area contributed by atoms with E-state index in [9.17, 15) is 22.4 Å². The van der Waals surface area contributed by atoms with Gasteiger partial charge in [0.2, 0.25) is 0 Å². The van der Waals surface area contributed by atoms with Gasteiger partial charge in [-0.25, -0.2) is 10.2 Å². The highest BCUT2D eigenvalue weighted by Gasteiger charge is 2.65. The fourth-order valence-corrected chi connectivity index (χ4v) is 1.33. The van der Waals surface area contributed by atoms with E-state index in [1.807, 2.05) is 5.43 Å². The summed E-state index contributed by atoms with van der Waals surface area (Å²) in [5, 5.41) is 3.37. The molecule has 0 radical (unpaired) electrons. The van der Waals surface area contributed by atoms with Crippen LogP contribution in [0.4, 0.5) is 22.4 Å². The molecule has 2 amide bonds. The second-order valence-electron chi connectivity index (χ2n) is 3.68. The molecule has 6 nitrogen and oxygen atoms in total. The number of fused-ring (bicyclic) bond motifs is 1. The number of hydrogen-bond donors (Lipinski definition) is 2. The Balaban J connectivity index is 2.25. The Bertz CT molecular complexity index is 577. The fraction of sp³-hybridized carbons (Fsp3) is 0.200. The molecule has 0 unspecified atom stereocenters. The highest BCUT2D eigenvalue weighted by Crippen LogP contribution is 2.46. The van der Waals surface area contributed by atoms with Crippen LogP contribution < -0.4 is 20.6 Å². The third-order valence-corrected chi connectivity index (χ3v) is 2.17. The van der Waals surface area contributed by atoms with Crippen LogP contribution in [0.15, 0.2) is 23.3 Å². The zero-order valence-corrected chi connectivity index (χ0v) is 9.57. The van der Waals surface area contributed by atoms with Crippen LogP contribution in [-0.4, -0.2) is 24.5 Å². The molecule has 0 aliphatic carbocycles. The van der Waals surface area contributed by atoms with Crippen molar-refractivity contribution in [1.82, 2.24) is 5.43 Å². The molecule has 108 valence electrons. The molecule has 3 N–H and O–H groups in total. The van der Waals surface area contributed by atoms with E-state index in [0.717, 1.165) is 18.3 Å². The summed E-state index contributed by atoms with van der Waals surface area (Å²) < 4.78 is 59.4. The molecule has 0 spiro atoms. The largest absolute Gasteiger partial charge is 0.507 e. The lowest BCUT2D eigenvalue weighted by Crippen LogP contribution is -2.52. The third kappa shape index (κ3) is 2.58. The highest BCUT2D eigenvalue weighted by molar-refractivity contribution is 5.82. The molecule has 1 aromatic carbocycles. The minimum atomic E-state index is -4.79. The van der Waals surface area contributed by atoms with Gasteiger partial charge in [-0.05, 0) is 23.8 Å². The van der Waals surface area contributed by atoms with Crippen molar-refractivity contribution < 1.29 is 31.8 Å². The zero-order valence-electron chi connectivity index (χ0n) is 9.57. The summed E-state index contributed by atoms with van der Waals surface area (Å²) in [5.41, 5.74) is 6.81. The molecular weight excluding hydrogens is 286 g/mol. The van der Waals surface area contributed by atoms with Crippen molar-refractivity contribution in [3.05, 3.63) is 23.8 Å². The molecule has 1 aromatic rings. The standard InChI is InChI=1S/C10H7F4N3O3/c11-9(12)10(13,14)20-7-3-5(1-2-6(7)19-9)4-16-17-8(15)18/h1-4H,(H3,15,17,18). The first kappa shape index (κ1) is 13.9. The van der Waals surface area contributed by atoms with E-state index in [-0.39, 0.29) is 5.56 Å². The predicted octanol–water partition coefficient (Wildman–Crippen LogP) is 1.65. The number of amides is 2. The maximum Gasteiger partial charge on any atom is 0.507 e. The van der Waals surface area contributed by atoms with Crippen LogP contribution in [-0.2, 0) is 0 Å². The van der Waals surface area contributed by atoms with Crippen molar-refractivity contribution in [2.24, 2.45) is 10.8 Å². The first-order chi connectivity index (χ1) is 9.21. The maximum atomic E-state index is 12.9. The molecule has 10 heteroatoms. The number of urea groups is 1. The minimum Gasteiger partial charge on any atom is -0.421 e. The molecule has 0 bridgehead atoms. The summed E-state index contributed by atoms with van der Waals surface area (Å²) in [6.45, 7) is 0. The van der Waals surface area contributed by atoms with E-state index in [2.05, 4.69) is 14.6 Å². The van der Waals surface area contributed by atoms with Gasteiger partial charge >= 0.3 is 18.2 Å². The van der Waals surface area contributed by atoms with E-state index >= 15 is 0 Å². The second-order valence-corrected chi connectivity index (χ2v) is 3.68. The number of nitrogens with zero attached hydrogens (tertiary/aromatic N) is 1. The smallest absolute Gasteiger partial charge is 0.421 e. The van der Waals surface area contributed by atoms with Crippen LogP contribution in [0.25, 0.3) is 0 Å². The number of alkyl halides is 4. The predicted molar refractivity (Wildman–Crippen MR) is 57.9 cm³/mol. The van der Waals surface area contributed by atoms with Crippen LogP contribution in [0, 0.1) is 0 Å². The van der Waals surface area contributed by atoms with Gasteiger partial charge in [-0.15, -0.1) is 0 Å². The molecule has 1 heterocycles. The van der Waals surface area contributed by atoms with Gasteiger partial charge in [-0.2, -0.15) is 22.7 Å². The summed E-state index contributed by atoms with van der Waals surface area (Å²) in [7, 11) is 0. The van der Waals surface area contributed by atoms with Crippen molar-refractivity contribution >= 4 is 12.2 Å². The minimum absolute atomic E-state index is 0.196. The van der Waals surface area contributed by atoms with Gasteiger partial charge < -0.3 is 15.2 Å². The van der Waals surface area contributed by atoms with Crippen molar-refractivity contribution in [2.75, 3.05) is 0 Å². The van der Waals surface area contributed by atoms with Gasteiger partial charge in [0, 0.05) is 0 Å². The van der Waals surface area contributed by atoms with Gasteiger partial charge in [0.05, 0.1) is 6.21 Å². The molecule has 1 aliphatic rings. The number of halogens is 4. The molecule has 2 rings (SSSR count). The lowest BCUT2D eigenvalue weighted by Gasteiger charge is -2.31. The molecule has 0 saturated carbocycles. The number of nitrogens with two attached hydrogens (primary N) is 1. The maximum absolute atomic E-state index is 12.9. The lowest BCUT2D eigenvalue weighted by molar-refractivity contribution is -0.391. The Morgan fingerprint density at radius 3 is 2.40 bits per heavy atom. The average Bonchev–Trinajstić information content (AvgIpc) is 2.29. The van der Waals surface area contributed by atoms with Crippen LogP contribution in [0.5, 0.6) is 11.5 Å². The molecule has 0 saturated heterocycles. The van der Waals surface area contributed by atoms with Crippen molar-refractivity contribution in [3.8, 4) is 11.5 Å². The Labute approximate surface area is 109 Å². The number of carbonyl (C=O) groups excluding carboxylic acids is 1. The quantitative estimate of drug-likeness (QED) is 0.494. The van der Waals surface area contributed by atoms with Crippen molar-refractivity contribution in [2.45, 2.75) is 12.2 Å². The number of carbonyl (C=O) groups is 1. The Morgan fingerprint density at radius 1 is 1.20 bits per heavy atom. The van der Waals surface area contributed by atoms with Crippen LogP contribution >= 0.6 is 0 Å². The zero-order chi connectivity index (χ0) is 15.0. The Morgan fingerprint density at radius 2 is 1.80 bits per heavy atom. The molecule has 1 aliphatic heterocycles. The van der Waals surface area contributed by atoms with Crippen molar-refractivity contribution in [1.29, 1.82) is 0 Å². The monoisotopic (exact) mass is 293 g/mol. The first-order valence-electron chi connectivity index (χ1n) is 5.07. The van der Waals surface area contributed by atoms with Crippen molar-refractivity contribution in [3.63, 3.8) is 0 Å². The van der Waals surface area contributed by atoms with Crippen LogP contribution in [0.3, 0.4) is 0 Å². The van der Waals surface area contributed by atoms with Gasteiger partial charge in [-0.1, -0.05) is 0 Å². The molecule has 0 atom stereocenters. The highest BCUT2D eigenvalue weighted by atomic mass is 19.3. The molecule has 0 aromatic heterocycles. The number of primary amides is 1. The Hall–Kier alpha value is -2.52. The summed E-state index contributed by atoms with van der Waals surface area (Å²) >= 11 is 0. The molecule has 0 fully saturated rings. The van der Waals surface area contributed by atoms with Crippen LogP contribution in [0.2, 0.25) is 0 Å². The molecule has 20 heavy (non-hydrogen) atoms. The number of hydrazone groups is 1. The van der Waals surface area contributed by atoms with Crippen LogP contribution in [0.1, 0.15) is 5.56 Å². The van der Waals surface area contributed by atoms with Gasteiger partial charge in [0.1, 0.15) is 0 Å². The van der Waals surface area contributed by atoms with E-state index in [4.69, 9.17) is 5.73 Å². The third-order valence-electron chi connectivity index (χ3n) is 2.17. The summed E-state index contributed by atoms with van der Waals surface area (Å²) in [5.74, 6) is -1.12. The summed E-state index contributed by atoms with van der Waals surface area (Å²) in [4.78, 5) is 10.3. The fourth-order valence-electron chi connectivity index (χ4n) is 1.33. The average molecular weight is 293 g/mol. The van der Waals surface area contributed by atoms with E-state index in [1.54, 1.807) is 0 Å². The van der Waals surface area contributed by atoms with Gasteiger partial charge in [0.15, 0.2) is 11.5 Å². The van der Waals surface area contributed by atoms with E-state index in [1.165, 1.54) is 6.07 Å². The SMILES string of the molecule is NC(=O)NN=Cc1ccc2c(c1)OC(F)(F)C(F)(F)O2. The molecular formula is C10H7F4N3O3. The van der Waals surface area contributed by atoms with E-state index < -0.39 is 29.7 Å².